The first-order chi connectivity index (χ1) is 10.0. The second-order valence-corrected chi connectivity index (χ2v) is 4.33. The van der Waals surface area contributed by atoms with Crippen molar-refractivity contribution in [1.29, 1.82) is 0 Å². The summed E-state index contributed by atoms with van der Waals surface area (Å²) in [4.78, 5) is 26.2. The largest absolute Gasteiger partial charge is 0.318 e. The number of carbonyl (C=O) groups is 1. The van der Waals surface area contributed by atoms with Crippen molar-refractivity contribution in [3.63, 3.8) is 0 Å². The average Bonchev–Trinajstić information content (AvgIpc) is 2.48. The number of nitrogens with one attached hydrogen (secondary N) is 2. The summed E-state index contributed by atoms with van der Waals surface area (Å²) < 4.78 is 0. The summed E-state index contributed by atoms with van der Waals surface area (Å²) in [5.74, 6) is 4.78. The highest BCUT2D eigenvalue weighted by molar-refractivity contribution is 6.33. The van der Waals surface area contributed by atoms with Crippen LogP contribution in [0.3, 0.4) is 0 Å². The lowest BCUT2D eigenvalue weighted by Crippen LogP contribution is -2.15. The maximum absolute atomic E-state index is 12.1. The number of benzene rings is 1. The molecule has 0 aliphatic carbocycles. The highest BCUT2D eigenvalue weighted by Gasteiger charge is 2.17. The van der Waals surface area contributed by atoms with Crippen LogP contribution in [-0.2, 0) is 0 Å². The van der Waals surface area contributed by atoms with Crippen LogP contribution in [0.1, 0.15) is 10.4 Å². The molecular formula is C12H10ClN5O3. The van der Waals surface area contributed by atoms with Crippen molar-refractivity contribution in [2.45, 2.75) is 0 Å². The van der Waals surface area contributed by atoms with Crippen LogP contribution < -0.4 is 16.6 Å². The van der Waals surface area contributed by atoms with Gasteiger partial charge in [-0.05, 0) is 24.3 Å². The Balaban J connectivity index is 2.30. The normalized spacial score (nSPS) is 10.0. The van der Waals surface area contributed by atoms with E-state index in [-0.39, 0.29) is 27.8 Å². The third-order valence-electron chi connectivity index (χ3n) is 2.60. The van der Waals surface area contributed by atoms with E-state index in [4.69, 9.17) is 17.4 Å². The SMILES string of the molecule is NNc1ccc(C(=O)Nc2ncccc2Cl)cc1[N+](=O)[O-]. The highest BCUT2D eigenvalue weighted by Crippen LogP contribution is 2.25. The minimum absolute atomic E-state index is 0.0856. The molecule has 0 bridgehead atoms. The molecule has 8 nitrogen and oxygen atoms in total. The number of aromatic nitrogens is 1. The molecule has 0 spiro atoms. The molecular weight excluding hydrogens is 298 g/mol. The van der Waals surface area contributed by atoms with E-state index in [1.165, 1.54) is 18.3 Å². The van der Waals surface area contributed by atoms with E-state index in [0.29, 0.717) is 0 Å². The lowest BCUT2D eigenvalue weighted by molar-refractivity contribution is -0.384. The van der Waals surface area contributed by atoms with Crippen molar-refractivity contribution in [2.75, 3.05) is 10.7 Å². The van der Waals surface area contributed by atoms with Gasteiger partial charge in [-0.1, -0.05) is 11.6 Å². The summed E-state index contributed by atoms with van der Waals surface area (Å²) in [6, 6.07) is 7.03. The number of nitro benzene ring substituents is 1. The van der Waals surface area contributed by atoms with Gasteiger partial charge in [0.15, 0.2) is 5.82 Å². The molecule has 0 saturated carbocycles. The molecule has 0 saturated heterocycles. The second kappa shape index (κ2) is 6.16. The van der Waals surface area contributed by atoms with Crippen LogP contribution in [0, 0.1) is 10.1 Å². The Bertz CT molecular complexity index is 707. The van der Waals surface area contributed by atoms with Crippen LogP contribution >= 0.6 is 11.6 Å². The quantitative estimate of drug-likeness (QED) is 0.452. The smallest absolute Gasteiger partial charge is 0.294 e. The molecule has 1 aromatic carbocycles. The molecule has 0 aliphatic rings. The van der Waals surface area contributed by atoms with Gasteiger partial charge < -0.3 is 10.7 Å². The number of nitrogen functional groups attached to an aromatic ring is 1. The van der Waals surface area contributed by atoms with Gasteiger partial charge in [0.25, 0.3) is 11.6 Å². The number of hydrogen-bond acceptors (Lipinski definition) is 6. The second-order valence-electron chi connectivity index (χ2n) is 3.92. The first kappa shape index (κ1) is 14.7. The minimum Gasteiger partial charge on any atom is -0.318 e. The van der Waals surface area contributed by atoms with Crippen LogP contribution in [0.5, 0.6) is 0 Å². The van der Waals surface area contributed by atoms with Crippen LogP contribution in [0.2, 0.25) is 5.02 Å². The molecule has 1 heterocycles. The van der Waals surface area contributed by atoms with Gasteiger partial charge in [0.2, 0.25) is 0 Å². The molecule has 0 aliphatic heterocycles. The van der Waals surface area contributed by atoms with E-state index in [1.807, 2.05) is 0 Å². The number of anilines is 2. The molecule has 2 aromatic rings. The summed E-state index contributed by atoms with van der Waals surface area (Å²) in [5, 5.41) is 13.7. The number of nitrogens with zero attached hydrogens (tertiary/aromatic N) is 2. The summed E-state index contributed by atoms with van der Waals surface area (Å²) in [7, 11) is 0. The van der Waals surface area contributed by atoms with Gasteiger partial charge in [0.05, 0.1) is 9.95 Å². The van der Waals surface area contributed by atoms with Crippen LogP contribution in [0.4, 0.5) is 17.2 Å². The van der Waals surface area contributed by atoms with Gasteiger partial charge in [0, 0.05) is 17.8 Å². The summed E-state index contributed by atoms with van der Waals surface area (Å²) >= 11 is 5.87. The topological polar surface area (TPSA) is 123 Å². The fourth-order valence-corrected chi connectivity index (χ4v) is 1.77. The van der Waals surface area contributed by atoms with Crippen molar-refractivity contribution in [2.24, 2.45) is 5.84 Å². The van der Waals surface area contributed by atoms with E-state index >= 15 is 0 Å². The predicted molar refractivity (Wildman–Crippen MR) is 78.1 cm³/mol. The lowest BCUT2D eigenvalue weighted by Gasteiger charge is -2.07. The predicted octanol–water partition coefficient (Wildman–Crippen LogP) is 2.18. The Labute approximate surface area is 124 Å². The molecule has 2 rings (SSSR count). The Morgan fingerprint density at radius 1 is 1.38 bits per heavy atom. The number of hydrazine groups is 1. The van der Waals surface area contributed by atoms with Gasteiger partial charge >= 0.3 is 0 Å². The number of pyridine rings is 1. The lowest BCUT2D eigenvalue weighted by atomic mass is 10.1. The van der Waals surface area contributed by atoms with Gasteiger partial charge in [-0.25, -0.2) is 4.98 Å². The molecule has 0 atom stereocenters. The third-order valence-corrected chi connectivity index (χ3v) is 2.91. The number of hydrogen-bond donors (Lipinski definition) is 3. The third kappa shape index (κ3) is 3.25. The average molecular weight is 308 g/mol. The highest BCUT2D eigenvalue weighted by atomic mass is 35.5. The standard InChI is InChI=1S/C12H10ClN5O3/c13-8-2-1-5-15-11(8)16-12(19)7-3-4-9(17-14)10(6-7)18(20)21/h1-6,17H,14H2,(H,15,16,19). The fourth-order valence-electron chi connectivity index (χ4n) is 1.60. The fraction of sp³-hybridized carbons (Fsp3) is 0. The number of halogens is 1. The monoisotopic (exact) mass is 307 g/mol. The van der Waals surface area contributed by atoms with Crippen molar-refractivity contribution >= 4 is 34.7 Å². The summed E-state index contributed by atoms with van der Waals surface area (Å²) in [6.07, 6.45) is 1.46. The van der Waals surface area contributed by atoms with E-state index in [1.54, 1.807) is 12.1 Å². The molecule has 1 aromatic heterocycles. The summed E-state index contributed by atoms with van der Waals surface area (Å²) in [6.45, 7) is 0. The number of amides is 1. The Hall–Kier alpha value is -2.71. The Morgan fingerprint density at radius 2 is 2.14 bits per heavy atom. The van der Waals surface area contributed by atoms with Gasteiger partial charge in [-0.2, -0.15) is 0 Å². The van der Waals surface area contributed by atoms with Crippen LogP contribution in [0.25, 0.3) is 0 Å². The molecule has 0 fully saturated rings. The first-order valence-corrected chi connectivity index (χ1v) is 6.07. The number of rotatable bonds is 4. The number of nitro groups is 1. The zero-order chi connectivity index (χ0) is 15.4. The van der Waals surface area contributed by atoms with Gasteiger partial charge in [-0.3, -0.25) is 20.8 Å². The van der Waals surface area contributed by atoms with E-state index in [0.717, 1.165) is 6.07 Å². The maximum atomic E-state index is 12.1. The Morgan fingerprint density at radius 3 is 2.76 bits per heavy atom. The molecule has 1 amide bonds. The summed E-state index contributed by atoms with van der Waals surface area (Å²) in [5.41, 5.74) is 2.08. The zero-order valence-corrected chi connectivity index (χ0v) is 11.3. The van der Waals surface area contributed by atoms with Crippen LogP contribution in [0.15, 0.2) is 36.5 Å². The van der Waals surface area contributed by atoms with E-state index < -0.39 is 10.8 Å². The molecule has 0 radical (unpaired) electrons. The number of carbonyl (C=O) groups excluding carboxylic acids is 1. The van der Waals surface area contributed by atoms with E-state index in [9.17, 15) is 14.9 Å². The zero-order valence-electron chi connectivity index (χ0n) is 10.5. The van der Waals surface area contributed by atoms with Crippen molar-refractivity contribution in [1.82, 2.24) is 4.98 Å². The molecule has 21 heavy (non-hydrogen) atoms. The van der Waals surface area contributed by atoms with Gasteiger partial charge in [-0.15, -0.1) is 0 Å². The molecule has 0 unspecified atom stereocenters. The van der Waals surface area contributed by atoms with Crippen LogP contribution in [-0.4, -0.2) is 15.8 Å². The molecule has 9 heteroatoms. The first-order valence-electron chi connectivity index (χ1n) is 5.70. The number of nitrogens with two attached hydrogens (primary N) is 1. The van der Waals surface area contributed by atoms with Gasteiger partial charge in [0.1, 0.15) is 5.69 Å². The molecule has 108 valence electrons. The minimum atomic E-state index is -0.639. The van der Waals surface area contributed by atoms with E-state index in [2.05, 4.69) is 15.7 Å². The maximum Gasteiger partial charge on any atom is 0.294 e. The Kier molecular flexibility index (Phi) is 4.31. The van der Waals surface area contributed by atoms with Crippen molar-refractivity contribution in [3.05, 3.63) is 57.2 Å². The van der Waals surface area contributed by atoms with Crippen molar-refractivity contribution < 1.29 is 9.72 Å². The molecule has 4 N–H and O–H groups in total. The van der Waals surface area contributed by atoms with Crippen molar-refractivity contribution in [3.8, 4) is 0 Å².